The molecule has 6 nitrogen and oxygen atoms in total. The minimum atomic E-state index is -0.718. The highest BCUT2D eigenvalue weighted by Gasteiger charge is 2.45. The van der Waals surface area contributed by atoms with Gasteiger partial charge in [-0.15, -0.1) is 0 Å². The number of hydrogen-bond acceptors (Lipinski definition) is 5. The molecule has 2 aromatic rings. The Bertz CT molecular complexity index is 993. The predicted octanol–water partition coefficient (Wildman–Crippen LogP) is 4.66. The molecule has 0 amide bonds. The van der Waals surface area contributed by atoms with E-state index in [4.69, 9.17) is 32.9 Å². The van der Waals surface area contributed by atoms with Gasteiger partial charge in [-0.05, 0) is 55.5 Å². The van der Waals surface area contributed by atoms with E-state index in [2.05, 4.69) is 16.3 Å². The van der Waals surface area contributed by atoms with Gasteiger partial charge < -0.3 is 20.1 Å². The number of benzene rings is 1. The Balaban J connectivity index is 1.27. The van der Waals surface area contributed by atoms with E-state index in [1.54, 1.807) is 0 Å². The maximum absolute atomic E-state index is 12.0. The molecule has 2 N–H and O–H groups in total. The van der Waals surface area contributed by atoms with Crippen molar-refractivity contribution in [1.82, 2.24) is 10.3 Å². The molecule has 0 spiro atoms. The van der Waals surface area contributed by atoms with Crippen LogP contribution in [0.1, 0.15) is 42.7 Å². The number of pyridine rings is 1. The summed E-state index contributed by atoms with van der Waals surface area (Å²) in [5.74, 6) is 0.312. The van der Waals surface area contributed by atoms with Crippen molar-refractivity contribution in [3.8, 4) is 5.75 Å². The number of carboxylic acid groups (broad SMARTS) is 1. The second-order valence-electron chi connectivity index (χ2n) is 9.24. The van der Waals surface area contributed by atoms with Crippen molar-refractivity contribution in [2.24, 2.45) is 5.92 Å². The number of anilines is 1. The standard InChI is InChI=1S/C24H27Cl2N3O3/c1-13-8-18(25)23(19(26)9-13)32-16-6-7-29(12-16)21-5-2-14(11-27-21)17-10-15-3-4-20(28-15)22(17)24(30)31/h2,5,8-9,11,15-17,20,22,28H,3-4,6-7,10,12H2,1H3,(H,30,31)/t15-,16+,17+,20+,22+/m0/s1. The predicted molar refractivity (Wildman–Crippen MR) is 125 cm³/mol. The SMILES string of the molecule is Cc1cc(Cl)c(O[C@@H]2CCN(c3ccc([C@H]4C[C@@H]5CC[C@@H](N5)[C@@H]4C(=O)O)cn3)C2)c(Cl)c1. The zero-order valence-corrected chi connectivity index (χ0v) is 19.4. The van der Waals surface area contributed by atoms with E-state index in [9.17, 15) is 9.90 Å². The maximum atomic E-state index is 12.0. The van der Waals surface area contributed by atoms with Gasteiger partial charge in [0.2, 0.25) is 0 Å². The van der Waals surface area contributed by atoms with Gasteiger partial charge in [-0.1, -0.05) is 29.3 Å². The summed E-state index contributed by atoms with van der Waals surface area (Å²) in [7, 11) is 0. The number of halogens is 2. The number of piperidine rings is 1. The molecule has 8 heteroatoms. The smallest absolute Gasteiger partial charge is 0.308 e. The van der Waals surface area contributed by atoms with Gasteiger partial charge in [0.1, 0.15) is 11.9 Å². The number of aryl methyl sites for hydroxylation is 1. The minimum Gasteiger partial charge on any atom is -0.485 e. The van der Waals surface area contributed by atoms with Gasteiger partial charge in [-0.25, -0.2) is 4.98 Å². The van der Waals surface area contributed by atoms with Crippen LogP contribution in [-0.2, 0) is 4.79 Å². The molecule has 3 saturated heterocycles. The van der Waals surface area contributed by atoms with Crippen LogP contribution in [0, 0.1) is 12.8 Å². The normalized spacial score (nSPS) is 29.3. The Labute approximate surface area is 197 Å². The molecule has 170 valence electrons. The summed E-state index contributed by atoms with van der Waals surface area (Å²) < 4.78 is 6.13. The zero-order chi connectivity index (χ0) is 22.4. The monoisotopic (exact) mass is 475 g/mol. The number of carboxylic acids is 1. The van der Waals surface area contributed by atoms with Crippen LogP contribution in [0.4, 0.5) is 5.82 Å². The first-order valence-corrected chi connectivity index (χ1v) is 12.0. The van der Waals surface area contributed by atoms with Crippen LogP contribution < -0.4 is 15.0 Å². The van der Waals surface area contributed by atoms with E-state index in [1.165, 1.54) is 0 Å². The topological polar surface area (TPSA) is 74.7 Å². The molecule has 3 aliphatic rings. The molecule has 0 saturated carbocycles. The molecular weight excluding hydrogens is 449 g/mol. The van der Waals surface area contributed by atoms with Crippen LogP contribution in [0.3, 0.4) is 0 Å². The molecule has 3 aliphatic heterocycles. The van der Waals surface area contributed by atoms with Gasteiger partial charge in [-0.3, -0.25) is 4.79 Å². The molecule has 4 heterocycles. The van der Waals surface area contributed by atoms with Gasteiger partial charge >= 0.3 is 5.97 Å². The number of nitrogens with one attached hydrogen (secondary N) is 1. The molecule has 0 unspecified atom stereocenters. The van der Waals surface area contributed by atoms with E-state index < -0.39 is 11.9 Å². The first-order chi connectivity index (χ1) is 15.4. The number of rotatable bonds is 5. The molecule has 0 aliphatic carbocycles. The quantitative estimate of drug-likeness (QED) is 0.654. The number of carbonyl (C=O) groups is 1. The van der Waals surface area contributed by atoms with Crippen LogP contribution in [0.5, 0.6) is 5.75 Å². The average Bonchev–Trinajstić information content (AvgIpc) is 3.37. The summed E-state index contributed by atoms with van der Waals surface area (Å²) in [5, 5.41) is 14.3. The summed E-state index contributed by atoms with van der Waals surface area (Å²) in [6.45, 7) is 3.47. The Morgan fingerprint density at radius 2 is 2.00 bits per heavy atom. The second kappa shape index (κ2) is 8.73. The van der Waals surface area contributed by atoms with Crippen LogP contribution in [0.25, 0.3) is 0 Å². The first kappa shape index (κ1) is 21.8. The Morgan fingerprint density at radius 1 is 1.22 bits per heavy atom. The fourth-order valence-electron chi connectivity index (χ4n) is 5.54. The highest BCUT2D eigenvalue weighted by Crippen LogP contribution is 2.42. The lowest BCUT2D eigenvalue weighted by atomic mass is 9.77. The van der Waals surface area contributed by atoms with E-state index in [0.717, 1.165) is 49.2 Å². The molecular formula is C24H27Cl2N3O3. The van der Waals surface area contributed by atoms with Crippen molar-refractivity contribution in [2.45, 2.75) is 56.7 Å². The maximum Gasteiger partial charge on any atom is 0.308 e. The third kappa shape index (κ3) is 4.16. The van der Waals surface area contributed by atoms with Crippen molar-refractivity contribution in [3.63, 3.8) is 0 Å². The van der Waals surface area contributed by atoms with E-state index in [1.807, 2.05) is 31.3 Å². The van der Waals surface area contributed by atoms with E-state index in [0.29, 0.717) is 28.4 Å². The summed E-state index contributed by atoms with van der Waals surface area (Å²) in [6.07, 6.45) is 5.54. The molecule has 3 fully saturated rings. The number of aromatic nitrogens is 1. The molecule has 0 radical (unpaired) electrons. The van der Waals surface area contributed by atoms with Crippen molar-refractivity contribution in [1.29, 1.82) is 0 Å². The van der Waals surface area contributed by atoms with Gasteiger partial charge in [0.25, 0.3) is 0 Å². The summed E-state index contributed by atoms with van der Waals surface area (Å²) >= 11 is 12.7. The Hall–Kier alpha value is -2.02. The molecule has 5 atom stereocenters. The van der Waals surface area contributed by atoms with Crippen molar-refractivity contribution in [3.05, 3.63) is 51.6 Å². The molecule has 1 aromatic heterocycles. The number of hydrogen-bond donors (Lipinski definition) is 2. The summed E-state index contributed by atoms with van der Waals surface area (Å²) in [5.41, 5.74) is 2.02. The number of nitrogens with zero attached hydrogens (tertiary/aromatic N) is 2. The van der Waals surface area contributed by atoms with E-state index in [-0.39, 0.29) is 18.1 Å². The largest absolute Gasteiger partial charge is 0.485 e. The van der Waals surface area contributed by atoms with Gasteiger partial charge in [0.05, 0.1) is 22.5 Å². The lowest BCUT2D eigenvalue weighted by Gasteiger charge is -2.35. The van der Waals surface area contributed by atoms with Crippen LogP contribution in [0.15, 0.2) is 30.5 Å². The average molecular weight is 476 g/mol. The summed E-state index contributed by atoms with van der Waals surface area (Å²) in [6, 6.07) is 8.24. The Morgan fingerprint density at radius 3 is 2.69 bits per heavy atom. The fourth-order valence-corrected chi connectivity index (χ4v) is 6.23. The number of fused-ring (bicyclic) bond motifs is 2. The summed E-state index contributed by atoms with van der Waals surface area (Å²) in [4.78, 5) is 18.8. The fraction of sp³-hybridized carbons (Fsp3) is 0.500. The number of aliphatic carboxylic acids is 1. The van der Waals surface area contributed by atoms with E-state index >= 15 is 0 Å². The van der Waals surface area contributed by atoms with Gasteiger partial charge in [0.15, 0.2) is 5.75 Å². The third-order valence-corrected chi connectivity index (χ3v) is 7.62. The van der Waals surface area contributed by atoms with Crippen molar-refractivity contribution < 1.29 is 14.6 Å². The van der Waals surface area contributed by atoms with Gasteiger partial charge in [-0.2, -0.15) is 0 Å². The highest BCUT2D eigenvalue weighted by atomic mass is 35.5. The van der Waals surface area contributed by atoms with Crippen molar-refractivity contribution >= 4 is 35.0 Å². The first-order valence-electron chi connectivity index (χ1n) is 11.2. The second-order valence-corrected chi connectivity index (χ2v) is 10.1. The Kier molecular flexibility index (Phi) is 5.95. The van der Waals surface area contributed by atoms with Crippen LogP contribution in [-0.4, -0.2) is 47.3 Å². The van der Waals surface area contributed by atoms with Crippen molar-refractivity contribution in [2.75, 3.05) is 18.0 Å². The lowest BCUT2D eigenvalue weighted by molar-refractivity contribution is -0.144. The van der Waals surface area contributed by atoms with Gasteiger partial charge in [0, 0.05) is 37.2 Å². The minimum absolute atomic E-state index is 0.00767. The lowest BCUT2D eigenvalue weighted by Crippen LogP contribution is -2.47. The zero-order valence-electron chi connectivity index (χ0n) is 17.9. The molecule has 32 heavy (non-hydrogen) atoms. The third-order valence-electron chi connectivity index (χ3n) is 7.06. The molecule has 5 rings (SSSR count). The van der Waals surface area contributed by atoms with Crippen LogP contribution in [0.2, 0.25) is 10.0 Å². The number of ether oxygens (including phenoxy) is 1. The molecule has 2 bridgehead atoms. The van der Waals surface area contributed by atoms with Crippen LogP contribution >= 0.6 is 23.2 Å². The molecule has 1 aromatic carbocycles. The highest BCUT2D eigenvalue weighted by molar-refractivity contribution is 6.37.